The van der Waals surface area contributed by atoms with E-state index in [1.165, 1.54) is 11.3 Å². The molecular formula is C13H24N2OS. The molecule has 0 aliphatic rings. The van der Waals surface area contributed by atoms with E-state index in [0.29, 0.717) is 0 Å². The fourth-order valence-electron chi connectivity index (χ4n) is 1.69. The fourth-order valence-corrected chi connectivity index (χ4v) is 2.19. The van der Waals surface area contributed by atoms with Gasteiger partial charge in [-0.1, -0.05) is 6.92 Å². The Kier molecular flexibility index (Phi) is 6.70. The van der Waals surface area contributed by atoms with Gasteiger partial charge >= 0.3 is 0 Å². The van der Waals surface area contributed by atoms with Crippen LogP contribution in [-0.2, 0) is 13.1 Å². The zero-order chi connectivity index (χ0) is 12.7. The minimum atomic E-state index is 0.896. The zero-order valence-corrected chi connectivity index (χ0v) is 12.2. The van der Waals surface area contributed by atoms with Crippen molar-refractivity contribution < 1.29 is 4.42 Å². The second-order valence-corrected chi connectivity index (χ2v) is 5.29. The molecule has 0 spiro atoms. The Morgan fingerprint density at radius 2 is 2.24 bits per heavy atom. The van der Waals surface area contributed by atoms with Gasteiger partial charge in [0.25, 0.3) is 0 Å². The van der Waals surface area contributed by atoms with E-state index in [4.69, 9.17) is 4.42 Å². The fraction of sp³-hybridized carbons (Fsp3) is 0.692. The lowest BCUT2D eigenvalue weighted by Gasteiger charge is -2.13. The highest BCUT2D eigenvalue weighted by atomic mass is 32.2. The highest BCUT2D eigenvalue weighted by Gasteiger charge is 2.08. The molecule has 0 saturated heterocycles. The molecule has 4 heteroatoms. The van der Waals surface area contributed by atoms with E-state index in [-0.39, 0.29) is 0 Å². The predicted molar refractivity (Wildman–Crippen MR) is 75.5 cm³/mol. The monoisotopic (exact) mass is 256 g/mol. The van der Waals surface area contributed by atoms with Gasteiger partial charge < -0.3 is 9.73 Å². The second kappa shape index (κ2) is 7.80. The largest absolute Gasteiger partial charge is 0.465 e. The predicted octanol–water partition coefficient (Wildman–Crippen LogP) is 2.49. The van der Waals surface area contributed by atoms with Gasteiger partial charge in [-0.3, -0.25) is 4.90 Å². The second-order valence-electron chi connectivity index (χ2n) is 4.31. The Hall–Kier alpha value is -0.450. The number of rotatable bonds is 8. The standard InChI is InChI=1S/C13H24N2OS/c1-5-14-9-12-8-13(16-11(12)2)10-15(3)6-7-17-4/h8,14H,5-7,9-10H2,1-4H3. The van der Waals surface area contributed by atoms with Gasteiger partial charge in [-0.05, 0) is 32.8 Å². The van der Waals surface area contributed by atoms with Gasteiger partial charge in [0.15, 0.2) is 0 Å². The van der Waals surface area contributed by atoms with Crippen LogP contribution in [0.4, 0.5) is 0 Å². The number of nitrogens with one attached hydrogen (secondary N) is 1. The molecule has 98 valence electrons. The Balaban J connectivity index is 2.48. The molecule has 0 fully saturated rings. The normalized spacial score (nSPS) is 11.4. The van der Waals surface area contributed by atoms with Crippen LogP contribution in [0.2, 0.25) is 0 Å². The lowest BCUT2D eigenvalue weighted by Crippen LogP contribution is -2.20. The topological polar surface area (TPSA) is 28.4 Å². The van der Waals surface area contributed by atoms with Crippen molar-refractivity contribution in [3.63, 3.8) is 0 Å². The molecule has 3 nitrogen and oxygen atoms in total. The van der Waals surface area contributed by atoms with Crippen LogP contribution >= 0.6 is 11.8 Å². The van der Waals surface area contributed by atoms with E-state index in [1.54, 1.807) is 0 Å². The highest BCUT2D eigenvalue weighted by molar-refractivity contribution is 7.98. The van der Waals surface area contributed by atoms with Crippen molar-refractivity contribution in [2.45, 2.75) is 26.9 Å². The van der Waals surface area contributed by atoms with E-state index in [0.717, 1.165) is 37.7 Å². The van der Waals surface area contributed by atoms with Gasteiger partial charge in [0, 0.05) is 24.4 Å². The van der Waals surface area contributed by atoms with E-state index < -0.39 is 0 Å². The lowest BCUT2D eigenvalue weighted by atomic mass is 10.2. The quantitative estimate of drug-likeness (QED) is 0.773. The summed E-state index contributed by atoms with van der Waals surface area (Å²) in [6.07, 6.45) is 2.14. The van der Waals surface area contributed by atoms with Gasteiger partial charge in [-0.25, -0.2) is 0 Å². The molecule has 0 aromatic carbocycles. The molecule has 0 unspecified atom stereocenters. The van der Waals surface area contributed by atoms with Crippen molar-refractivity contribution in [1.82, 2.24) is 10.2 Å². The van der Waals surface area contributed by atoms with Crippen LogP contribution in [0.25, 0.3) is 0 Å². The molecule has 1 N–H and O–H groups in total. The van der Waals surface area contributed by atoms with Crippen LogP contribution in [0.1, 0.15) is 24.0 Å². The van der Waals surface area contributed by atoms with E-state index in [1.807, 2.05) is 18.7 Å². The molecule has 1 aromatic rings. The summed E-state index contributed by atoms with van der Waals surface area (Å²) < 4.78 is 5.77. The molecule has 0 radical (unpaired) electrons. The minimum absolute atomic E-state index is 0.896. The molecule has 0 amide bonds. The van der Waals surface area contributed by atoms with E-state index >= 15 is 0 Å². The van der Waals surface area contributed by atoms with Crippen LogP contribution in [-0.4, -0.2) is 37.0 Å². The van der Waals surface area contributed by atoms with Crippen LogP contribution in [0.5, 0.6) is 0 Å². The van der Waals surface area contributed by atoms with Crippen molar-refractivity contribution in [1.29, 1.82) is 0 Å². The molecule has 17 heavy (non-hydrogen) atoms. The number of thioether (sulfide) groups is 1. The van der Waals surface area contributed by atoms with Gasteiger partial charge in [0.05, 0.1) is 6.54 Å². The lowest BCUT2D eigenvalue weighted by molar-refractivity contribution is 0.308. The minimum Gasteiger partial charge on any atom is -0.465 e. The summed E-state index contributed by atoms with van der Waals surface area (Å²) in [5, 5.41) is 3.33. The summed E-state index contributed by atoms with van der Waals surface area (Å²) in [4.78, 5) is 2.30. The Morgan fingerprint density at radius 1 is 1.47 bits per heavy atom. The molecule has 0 aliphatic carbocycles. The first-order valence-electron chi connectivity index (χ1n) is 6.13. The number of furan rings is 1. The first-order valence-corrected chi connectivity index (χ1v) is 7.53. The maximum atomic E-state index is 5.77. The number of hydrogen-bond acceptors (Lipinski definition) is 4. The molecule has 1 rings (SSSR count). The first-order chi connectivity index (χ1) is 8.17. The third-order valence-corrected chi connectivity index (χ3v) is 3.33. The van der Waals surface area contributed by atoms with E-state index in [9.17, 15) is 0 Å². The molecule has 0 saturated carbocycles. The summed E-state index contributed by atoms with van der Waals surface area (Å²) in [5.41, 5.74) is 1.28. The number of hydrogen-bond donors (Lipinski definition) is 1. The zero-order valence-electron chi connectivity index (χ0n) is 11.4. The van der Waals surface area contributed by atoms with Crippen LogP contribution < -0.4 is 5.32 Å². The SMILES string of the molecule is CCNCc1cc(CN(C)CCSC)oc1C. The maximum Gasteiger partial charge on any atom is 0.118 e. The smallest absolute Gasteiger partial charge is 0.118 e. The van der Waals surface area contributed by atoms with Crippen LogP contribution in [0, 0.1) is 6.92 Å². The average molecular weight is 256 g/mol. The summed E-state index contributed by atoms with van der Waals surface area (Å²) >= 11 is 1.88. The molecule has 1 aromatic heterocycles. The average Bonchev–Trinajstić information content (AvgIpc) is 2.64. The van der Waals surface area contributed by atoms with Crippen molar-refractivity contribution in [2.24, 2.45) is 0 Å². The molecule has 0 bridgehead atoms. The molecule has 0 atom stereocenters. The Morgan fingerprint density at radius 3 is 2.88 bits per heavy atom. The Labute approximate surface area is 109 Å². The summed E-state index contributed by atoms with van der Waals surface area (Å²) in [6, 6.07) is 2.17. The molecular weight excluding hydrogens is 232 g/mol. The number of nitrogens with zero attached hydrogens (tertiary/aromatic N) is 1. The van der Waals surface area contributed by atoms with Gasteiger partial charge in [0.2, 0.25) is 0 Å². The van der Waals surface area contributed by atoms with Gasteiger partial charge in [-0.2, -0.15) is 11.8 Å². The maximum absolute atomic E-state index is 5.77. The van der Waals surface area contributed by atoms with Crippen molar-refractivity contribution >= 4 is 11.8 Å². The molecule has 1 heterocycles. The van der Waals surface area contributed by atoms with Crippen LogP contribution in [0.3, 0.4) is 0 Å². The third kappa shape index (κ3) is 5.15. The summed E-state index contributed by atoms with van der Waals surface area (Å²) in [7, 11) is 2.14. The van der Waals surface area contributed by atoms with E-state index in [2.05, 4.69) is 36.5 Å². The van der Waals surface area contributed by atoms with Crippen molar-refractivity contribution in [3.05, 3.63) is 23.2 Å². The summed E-state index contributed by atoms with van der Waals surface area (Å²) in [6.45, 7) is 8.05. The molecule has 0 aliphatic heterocycles. The van der Waals surface area contributed by atoms with Crippen molar-refractivity contribution in [3.8, 4) is 0 Å². The Bertz CT molecular complexity index is 325. The van der Waals surface area contributed by atoms with Gasteiger partial charge in [-0.15, -0.1) is 0 Å². The van der Waals surface area contributed by atoms with Gasteiger partial charge in [0.1, 0.15) is 11.5 Å². The highest BCUT2D eigenvalue weighted by Crippen LogP contribution is 2.16. The number of aryl methyl sites for hydroxylation is 1. The van der Waals surface area contributed by atoms with Crippen molar-refractivity contribution in [2.75, 3.05) is 32.1 Å². The summed E-state index contributed by atoms with van der Waals surface area (Å²) in [5.74, 6) is 3.28. The van der Waals surface area contributed by atoms with Crippen LogP contribution in [0.15, 0.2) is 10.5 Å². The third-order valence-electron chi connectivity index (χ3n) is 2.74. The first kappa shape index (κ1) is 14.6.